The number of anilines is 1. The lowest BCUT2D eigenvalue weighted by molar-refractivity contribution is -0.122. The summed E-state index contributed by atoms with van der Waals surface area (Å²) in [4.78, 5) is 36.7. The fraction of sp³-hybridized carbons (Fsp3) is 0.208. The molecule has 0 bridgehead atoms. The van der Waals surface area contributed by atoms with Gasteiger partial charge in [-0.2, -0.15) is 0 Å². The molecule has 1 amide bonds. The Morgan fingerprint density at radius 3 is 2.03 bits per heavy atom. The van der Waals surface area contributed by atoms with Gasteiger partial charge < -0.3 is 19.5 Å². The molecule has 0 unspecified atom stereocenters. The summed E-state index contributed by atoms with van der Waals surface area (Å²) >= 11 is 0. The Bertz CT molecular complexity index is 1090. The van der Waals surface area contributed by atoms with Crippen molar-refractivity contribution < 1.29 is 28.6 Å². The van der Waals surface area contributed by atoms with E-state index in [2.05, 4.69) is 5.32 Å². The molecule has 0 saturated heterocycles. The monoisotopic (exact) mass is 421 g/mol. The number of hydrogen-bond donors (Lipinski definition) is 1. The third kappa shape index (κ3) is 5.19. The Morgan fingerprint density at radius 2 is 1.45 bits per heavy atom. The predicted octanol–water partition coefficient (Wildman–Crippen LogP) is 4.21. The van der Waals surface area contributed by atoms with Gasteiger partial charge in [0.15, 0.2) is 6.10 Å². The Labute approximate surface area is 179 Å². The highest BCUT2D eigenvalue weighted by Crippen LogP contribution is 2.23. The van der Waals surface area contributed by atoms with E-state index in [0.29, 0.717) is 12.2 Å². The van der Waals surface area contributed by atoms with E-state index in [-0.39, 0.29) is 16.8 Å². The highest BCUT2D eigenvalue weighted by molar-refractivity contribution is 6.00. The summed E-state index contributed by atoms with van der Waals surface area (Å²) in [6.07, 6.45) is -0.358. The quantitative estimate of drug-likeness (QED) is 0.575. The minimum absolute atomic E-state index is 0.115. The number of hydrogen-bond acceptors (Lipinski definition) is 6. The number of fused-ring (bicyclic) bond motifs is 1. The standard InChI is InChI=1S/C24H23NO6/c1-4-21(31-20-10-9-15-7-5-6-8-16(15)14-20)22(26)25-19-12-17(23(27)29-2)11-18(13-19)24(28)30-3/h5-14,21H,4H2,1-3H3,(H,25,26)/t21-/m0/s1. The van der Waals surface area contributed by atoms with E-state index in [0.717, 1.165) is 10.8 Å². The van der Waals surface area contributed by atoms with Crippen molar-refractivity contribution in [2.24, 2.45) is 0 Å². The number of ether oxygens (including phenoxy) is 3. The van der Waals surface area contributed by atoms with Gasteiger partial charge in [-0.05, 0) is 47.5 Å². The zero-order valence-electron chi connectivity index (χ0n) is 17.5. The lowest BCUT2D eigenvalue weighted by Gasteiger charge is -2.18. The molecule has 7 heteroatoms. The number of carbonyl (C=O) groups is 3. The maximum absolute atomic E-state index is 12.8. The van der Waals surface area contributed by atoms with Crippen molar-refractivity contribution in [3.05, 3.63) is 71.8 Å². The van der Waals surface area contributed by atoms with Crippen LogP contribution >= 0.6 is 0 Å². The van der Waals surface area contributed by atoms with Crippen molar-refractivity contribution >= 4 is 34.3 Å². The number of benzene rings is 3. The Kier molecular flexibility index (Phi) is 6.87. The Morgan fingerprint density at radius 1 is 0.839 bits per heavy atom. The van der Waals surface area contributed by atoms with E-state index in [1.54, 1.807) is 0 Å². The topological polar surface area (TPSA) is 90.9 Å². The van der Waals surface area contributed by atoms with Crippen LogP contribution in [0.4, 0.5) is 5.69 Å². The highest BCUT2D eigenvalue weighted by Gasteiger charge is 2.21. The second-order valence-electron chi connectivity index (χ2n) is 6.80. The summed E-state index contributed by atoms with van der Waals surface area (Å²) in [5.41, 5.74) is 0.488. The van der Waals surface area contributed by atoms with Crippen molar-refractivity contribution in [1.29, 1.82) is 0 Å². The van der Waals surface area contributed by atoms with Crippen molar-refractivity contribution in [2.45, 2.75) is 19.4 Å². The van der Waals surface area contributed by atoms with Crippen LogP contribution in [-0.4, -0.2) is 38.2 Å². The second-order valence-corrected chi connectivity index (χ2v) is 6.80. The summed E-state index contributed by atoms with van der Waals surface area (Å²) in [6, 6.07) is 17.7. The molecule has 0 fully saturated rings. The number of rotatable bonds is 7. The van der Waals surface area contributed by atoms with Crippen LogP contribution in [0.3, 0.4) is 0 Å². The molecule has 0 heterocycles. The molecular weight excluding hydrogens is 398 g/mol. The first-order valence-corrected chi connectivity index (χ1v) is 9.73. The lowest BCUT2D eigenvalue weighted by atomic mass is 10.1. The molecule has 160 valence electrons. The summed E-state index contributed by atoms with van der Waals surface area (Å²) in [5.74, 6) is -1.12. The van der Waals surface area contributed by atoms with E-state index < -0.39 is 23.9 Å². The molecule has 3 rings (SSSR count). The second kappa shape index (κ2) is 9.75. The van der Waals surface area contributed by atoms with Gasteiger partial charge in [0.1, 0.15) is 5.75 Å². The molecule has 1 atom stereocenters. The van der Waals surface area contributed by atoms with Gasteiger partial charge in [0, 0.05) is 5.69 Å². The van der Waals surface area contributed by atoms with E-state index in [1.807, 2.05) is 49.4 Å². The molecule has 7 nitrogen and oxygen atoms in total. The van der Waals surface area contributed by atoms with Gasteiger partial charge in [-0.1, -0.05) is 37.3 Å². The van der Waals surface area contributed by atoms with Crippen molar-refractivity contribution in [3.63, 3.8) is 0 Å². The third-order valence-corrected chi connectivity index (χ3v) is 4.71. The summed E-state index contributed by atoms with van der Waals surface area (Å²) in [7, 11) is 2.46. The molecular formula is C24H23NO6. The van der Waals surface area contributed by atoms with Crippen LogP contribution in [0.25, 0.3) is 10.8 Å². The van der Waals surface area contributed by atoms with Gasteiger partial charge >= 0.3 is 11.9 Å². The largest absolute Gasteiger partial charge is 0.481 e. The molecule has 0 aliphatic rings. The average Bonchev–Trinajstić information content (AvgIpc) is 2.80. The van der Waals surface area contributed by atoms with Gasteiger partial charge in [-0.15, -0.1) is 0 Å². The SMILES string of the molecule is CC[C@H](Oc1ccc2ccccc2c1)C(=O)Nc1cc(C(=O)OC)cc(C(=O)OC)c1. The molecule has 0 aromatic heterocycles. The Hall–Kier alpha value is -3.87. The number of carbonyl (C=O) groups excluding carboxylic acids is 3. The zero-order chi connectivity index (χ0) is 22.4. The summed E-state index contributed by atoms with van der Waals surface area (Å²) in [5, 5.41) is 4.78. The first-order chi connectivity index (χ1) is 14.9. The van der Waals surface area contributed by atoms with Gasteiger partial charge in [-0.25, -0.2) is 9.59 Å². The van der Waals surface area contributed by atoms with E-state index >= 15 is 0 Å². The number of methoxy groups -OCH3 is 2. The minimum atomic E-state index is -0.774. The van der Waals surface area contributed by atoms with Crippen molar-refractivity contribution in [1.82, 2.24) is 0 Å². The van der Waals surface area contributed by atoms with Crippen LogP contribution in [0.1, 0.15) is 34.1 Å². The molecule has 0 radical (unpaired) electrons. The van der Waals surface area contributed by atoms with E-state index in [1.165, 1.54) is 32.4 Å². The molecule has 0 spiro atoms. The van der Waals surface area contributed by atoms with Crippen LogP contribution < -0.4 is 10.1 Å². The van der Waals surface area contributed by atoms with Gasteiger partial charge in [0.05, 0.1) is 25.3 Å². The highest BCUT2D eigenvalue weighted by atomic mass is 16.5. The lowest BCUT2D eigenvalue weighted by Crippen LogP contribution is -2.32. The maximum atomic E-state index is 12.8. The molecule has 0 aliphatic heterocycles. The molecule has 3 aromatic carbocycles. The normalized spacial score (nSPS) is 11.5. The van der Waals surface area contributed by atoms with Gasteiger partial charge in [0.2, 0.25) is 0 Å². The van der Waals surface area contributed by atoms with Crippen molar-refractivity contribution in [2.75, 3.05) is 19.5 Å². The molecule has 0 saturated carbocycles. The first kappa shape index (κ1) is 21.8. The molecule has 1 N–H and O–H groups in total. The fourth-order valence-corrected chi connectivity index (χ4v) is 3.12. The van der Waals surface area contributed by atoms with Gasteiger partial charge in [-0.3, -0.25) is 4.79 Å². The van der Waals surface area contributed by atoms with E-state index in [4.69, 9.17) is 14.2 Å². The minimum Gasteiger partial charge on any atom is -0.481 e. The van der Waals surface area contributed by atoms with Crippen LogP contribution in [0.2, 0.25) is 0 Å². The Balaban J connectivity index is 1.82. The number of esters is 2. The van der Waals surface area contributed by atoms with Crippen LogP contribution in [0.5, 0.6) is 5.75 Å². The molecule has 0 aliphatic carbocycles. The fourth-order valence-electron chi connectivity index (χ4n) is 3.12. The van der Waals surface area contributed by atoms with Crippen molar-refractivity contribution in [3.8, 4) is 5.75 Å². The molecule has 3 aromatic rings. The summed E-state index contributed by atoms with van der Waals surface area (Å²) < 4.78 is 15.3. The summed E-state index contributed by atoms with van der Waals surface area (Å²) in [6.45, 7) is 1.83. The van der Waals surface area contributed by atoms with Crippen LogP contribution in [0, 0.1) is 0 Å². The predicted molar refractivity (Wildman–Crippen MR) is 116 cm³/mol. The zero-order valence-corrected chi connectivity index (χ0v) is 17.5. The first-order valence-electron chi connectivity index (χ1n) is 9.73. The van der Waals surface area contributed by atoms with Gasteiger partial charge in [0.25, 0.3) is 5.91 Å². The average molecular weight is 421 g/mol. The molecule has 31 heavy (non-hydrogen) atoms. The number of nitrogens with one attached hydrogen (secondary N) is 1. The number of amides is 1. The van der Waals surface area contributed by atoms with Crippen LogP contribution in [0.15, 0.2) is 60.7 Å². The van der Waals surface area contributed by atoms with Crippen LogP contribution in [-0.2, 0) is 14.3 Å². The maximum Gasteiger partial charge on any atom is 0.337 e. The smallest absolute Gasteiger partial charge is 0.337 e. The van der Waals surface area contributed by atoms with E-state index in [9.17, 15) is 14.4 Å². The third-order valence-electron chi connectivity index (χ3n) is 4.71.